The molecule has 0 saturated carbocycles. The molecule has 0 saturated heterocycles. The van der Waals surface area contributed by atoms with Crippen LogP contribution in [0.4, 0.5) is 0 Å². The molecule has 0 radical (unpaired) electrons. The zero-order valence-electron chi connectivity index (χ0n) is 13.3. The van der Waals surface area contributed by atoms with Crippen LogP contribution in [0, 0.1) is 0 Å². The van der Waals surface area contributed by atoms with Gasteiger partial charge in [-0.25, -0.2) is 0 Å². The van der Waals surface area contributed by atoms with Gasteiger partial charge in [0.1, 0.15) is 0 Å². The van der Waals surface area contributed by atoms with Gasteiger partial charge in [-0.3, -0.25) is 4.79 Å². The topological polar surface area (TPSA) is 66.0 Å². The van der Waals surface area contributed by atoms with Crippen LogP contribution < -0.4 is 5.56 Å². The van der Waals surface area contributed by atoms with E-state index in [1.54, 1.807) is 0 Å². The van der Waals surface area contributed by atoms with Gasteiger partial charge in [0.15, 0.2) is 5.16 Å². The van der Waals surface area contributed by atoms with E-state index in [-0.39, 0.29) is 22.9 Å². The van der Waals surface area contributed by atoms with Crippen molar-refractivity contribution in [2.75, 3.05) is 5.75 Å². The number of nitrogens with zero attached hydrogens (tertiary/aromatic N) is 1. The van der Waals surface area contributed by atoms with E-state index in [0.29, 0.717) is 5.16 Å². The average molecular weight is 338 g/mol. The Bertz CT molecular complexity index is 824. The molecule has 0 atom stereocenters. The van der Waals surface area contributed by atoms with Crippen LogP contribution in [0.3, 0.4) is 0 Å². The molecule has 5 heteroatoms. The summed E-state index contributed by atoms with van der Waals surface area (Å²) in [5, 5.41) is 10.9. The highest BCUT2D eigenvalue weighted by molar-refractivity contribution is 7.99. The van der Waals surface area contributed by atoms with Gasteiger partial charge in [0, 0.05) is 5.92 Å². The second kappa shape index (κ2) is 7.36. The third kappa shape index (κ3) is 3.36. The van der Waals surface area contributed by atoms with Crippen molar-refractivity contribution in [3.63, 3.8) is 0 Å². The fraction of sp³-hybridized carbons (Fsp3) is 0.158. The van der Waals surface area contributed by atoms with Crippen LogP contribution in [0.1, 0.15) is 29.5 Å². The van der Waals surface area contributed by atoms with Crippen molar-refractivity contribution in [1.29, 1.82) is 0 Å². The summed E-state index contributed by atoms with van der Waals surface area (Å²) in [5.41, 5.74) is 1.83. The highest BCUT2D eigenvalue weighted by Crippen LogP contribution is 2.34. The van der Waals surface area contributed by atoms with Crippen molar-refractivity contribution in [3.05, 3.63) is 87.7 Å². The highest BCUT2D eigenvalue weighted by Gasteiger charge is 2.24. The summed E-state index contributed by atoms with van der Waals surface area (Å²) in [6, 6.07) is 19.3. The van der Waals surface area contributed by atoms with Gasteiger partial charge in [0.2, 0.25) is 5.88 Å². The SMILES string of the molecule is CCSc1nc(O)c(C(c2ccccc2)c2ccccc2)c(=O)[nH]1. The number of hydrogen-bond acceptors (Lipinski definition) is 4. The maximum atomic E-state index is 12.7. The molecule has 0 unspecified atom stereocenters. The quantitative estimate of drug-likeness (QED) is 0.549. The van der Waals surface area contributed by atoms with Gasteiger partial charge in [-0.2, -0.15) is 4.98 Å². The minimum Gasteiger partial charge on any atom is -0.493 e. The monoisotopic (exact) mass is 338 g/mol. The molecular formula is C19H18N2O2S. The molecule has 0 spiro atoms. The number of H-pyrrole nitrogens is 1. The van der Waals surface area contributed by atoms with E-state index >= 15 is 0 Å². The number of aromatic hydroxyl groups is 1. The predicted octanol–water partition coefficient (Wildman–Crippen LogP) is 3.77. The molecule has 24 heavy (non-hydrogen) atoms. The number of thioether (sulfide) groups is 1. The smallest absolute Gasteiger partial charge is 0.259 e. The van der Waals surface area contributed by atoms with Crippen LogP contribution in [0.15, 0.2) is 70.6 Å². The van der Waals surface area contributed by atoms with Gasteiger partial charge >= 0.3 is 0 Å². The fourth-order valence-electron chi connectivity index (χ4n) is 2.73. The number of nitrogens with one attached hydrogen (secondary N) is 1. The highest BCUT2D eigenvalue weighted by atomic mass is 32.2. The second-order valence-corrected chi connectivity index (χ2v) is 6.55. The van der Waals surface area contributed by atoms with Crippen molar-refractivity contribution in [2.45, 2.75) is 18.0 Å². The molecule has 4 nitrogen and oxygen atoms in total. The summed E-state index contributed by atoms with van der Waals surface area (Å²) >= 11 is 1.39. The molecule has 0 bridgehead atoms. The molecule has 0 fully saturated rings. The van der Waals surface area contributed by atoms with Crippen molar-refractivity contribution in [2.24, 2.45) is 0 Å². The molecule has 2 aromatic carbocycles. The Labute approximate surface area is 144 Å². The van der Waals surface area contributed by atoms with Gasteiger partial charge in [0.25, 0.3) is 5.56 Å². The van der Waals surface area contributed by atoms with Crippen molar-refractivity contribution in [3.8, 4) is 5.88 Å². The fourth-order valence-corrected chi connectivity index (χ4v) is 3.32. The summed E-state index contributed by atoms with van der Waals surface area (Å²) in [6.45, 7) is 1.96. The third-order valence-electron chi connectivity index (χ3n) is 3.75. The number of aromatic amines is 1. The van der Waals surface area contributed by atoms with Gasteiger partial charge in [-0.1, -0.05) is 79.3 Å². The first-order valence-corrected chi connectivity index (χ1v) is 8.75. The summed E-state index contributed by atoms with van der Waals surface area (Å²) in [4.78, 5) is 19.6. The molecule has 1 heterocycles. The number of benzene rings is 2. The third-order valence-corrected chi connectivity index (χ3v) is 4.50. The normalized spacial score (nSPS) is 10.9. The first-order chi connectivity index (χ1) is 11.7. The largest absolute Gasteiger partial charge is 0.493 e. The molecule has 1 aromatic heterocycles. The molecule has 0 amide bonds. The lowest BCUT2D eigenvalue weighted by molar-refractivity contribution is 0.434. The Morgan fingerprint density at radius 2 is 1.58 bits per heavy atom. The predicted molar refractivity (Wildman–Crippen MR) is 96.7 cm³/mol. The first kappa shape index (κ1) is 16.3. The summed E-state index contributed by atoms with van der Waals surface area (Å²) in [6.07, 6.45) is 0. The van der Waals surface area contributed by atoms with E-state index in [4.69, 9.17) is 0 Å². The number of hydrogen-bond donors (Lipinski definition) is 2. The molecule has 3 aromatic rings. The van der Waals surface area contributed by atoms with Crippen LogP contribution in [-0.4, -0.2) is 20.8 Å². The Kier molecular flexibility index (Phi) is 5.01. The van der Waals surface area contributed by atoms with Gasteiger partial charge < -0.3 is 10.1 Å². The van der Waals surface area contributed by atoms with E-state index in [0.717, 1.165) is 16.9 Å². The average Bonchev–Trinajstić information content (AvgIpc) is 2.60. The van der Waals surface area contributed by atoms with Crippen LogP contribution in [-0.2, 0) is 0 Å². The van der Waals surface area contributed by atoms with E-state index in [1.165, 1.54) is 11.8 Å². The zero-order valence-corrected chi connectivity index (χ0v) is 14.1. The molecule has 0 aliphatic carbocycles. The lowest BCUT2D eigenvalue weighted by Gasteiger charge is -2.18. The van der Waals surface area contributed by atoms with E-state index in [9.17, 15) is 9.90 Å². The lowest BCUT2D eigenvalue weighted by Crippen LogP contribution is -2.20. The second-order valence-electron chi connectivity index (χ2n) is 5.30. The summed E-state index contributed by atoms with van der Waals surface area (Å²) < 4.78 is 0. The van der Waals surface area contributed by atoms with Crippen LogP contribution in [0.2, 0.25) is 0 Å². The van der Waals surface area contributed by atoms with E-state index in [1.807, 2.05) is 67.6 Å². The lowest BCUT2D eigenvalue weighted by atomic mass is 9.86. The molecule has 2 N–H and O–H groups in total. The zero-order chi connectivity index (χ0) is 16.9. The molecule has 0 aliphatic rings. The molecular weight excluding hydrogens is 320 g/mol. The molecule has 3 rings (SSSR count). The molecule has 0 aliphatic heterocycles. The van der Waals surface area contributed by atoms with Gasteiger partial charge in [0.05, 0.1) is 5.56 Å². The van der Waals surface area contributed by atoms with Crippen LogP contribution >= 0.6 is 11.8 Å². The summed E-state index contributed by atoms with van der Waals surface area (Å²) in [5.74, 6) is 0.180. The van der Waals surface area contributed by atoms with Crippen molar-refractivity contribution >= 4 is 11.8 Å². The Morgan fingerprint density at radius 1 is 1.04 bits per heavy atom. The Morgan fingerprint density at radius 3 is 2.04 bits per heavy atom. The summed E-state index contributed by atoms with van der Waals surface area (Å²) in [7, 11) is 0. The minimum atomic E-state index is -0.371. The minimum absolute atomic E-state index is 0.215. The van der Waals surface area contributed by atoms with Crippen LogP contribution in [0.5, 0.6) is 5.88 Å². The van der Waals surface area contributed by atoms with Crippen molar-refractivity contribution in [1.82, 2.24) is 9.97 Å². The number of aromatic nitrogens is 2. The standard InChI is InChI=1S/C19H18N2O2S/c1-2-24-19-20-17(22)16(18(23)21-19)15(13-9-5-3-6-10-13)14-11-7-4-8-12-14/h3-12,15H,2H2,1H3,(H2,20,21,22,23). The Balaban J connectivity index is 2.19. The molecule has 122 valence electrons. The van der Waals surface area contributed by atoms with E-state index in [2.05, 4.69) is 9.97 Å². The van der Waals surface area contributed by atoms with Gasteiger partial charge in [-0.05, 0) is 16.9 Å². The maximum absolute atomic E-state index is 12.7. The van der Waals surface area contributed by atoms with Crippen LogP contribution in [0.25, 0.3) is 0 Å². The first-order valence-electron chi connectivity index (χ1n) is 7.76. The maximum Gasteiger partial charge on any atom is 0.259 e. The number of rotatable bonds is 5. The Hall–Kier alpha value is -2.53. The van der Waals surface area contributed by atoms with Crippen molar-refractivity contribution < 1.29 is 5.11 Å². The van der Waals surface area contributed by atoms with Gasteiger partial charge in [-0.15, -0.1) is 0 Å². The van der Waals surface area contributed by atoms with E-state index < -0.39 is 0 Å².